The Kier molecular flexibility index (Phi) is 9.57. The highest BCUT2D eigenvalue weighted by molar-refractivity contribution is 7.17. The SMILES string of the molecule is N#Cc1ccc(CN(C(=O)NCCCCO)c2ncc(C(=O)NCCCn3ccnc3)s2)cc1. The van der Waals surface area contributed by atoms with Crippen molar-refractivity contribution in [2.45, 2.75) is 32.4 Å². The van der Waals surface area contributed by atoms with Crippen molar-refractivity contribution in [3.63, 3.8) is 0 Å². The number of anilines is 1. The molecular weight excluding hydrogens is 454 g/mol. The van der Waals surface area contributed by atoms with Crippen LogP contribution in [0.4, 0.5) is 9.93 Å². The number of amides is 3. The molecule has 0 saturated carbocycles. The van der Waals surface area contributed by atoms with E-state index in [-0.39, 0.29) is 25.1 Å². The summed E-state index contributed by atoms with van der Waals surface area (Å²) in [4.78, 5) is 35.6. The molecule has 178 valence electrons. The van der Waals surface area contributed by atoms with Gasteiger partial charge in [-0.2, -0.15) is 5.26 Å². The molecule has 0 aliphatic heterocycles. The second-order valence-electron chi connectivity index (χ2n) is 7.47. The molecule has 3 N–H and O–H groups in total. The van der Waals surface area contributed by atoms with Gasteiger partial charge in [-0.05, 0) is 37.0 Å². The summed E-state index contributed by atoms with van der Waals surface area (Å²) < 4.78 is 1.94. The Morgan fingerprint density at radius 3 is 2.65 bits per heavy atom. The summed E-state index contributed by atoms with van der Waals surface area (Å²) in [5, 5.41) is 24.1. The van der Waals surface area contributed by atoms with Crippen molar-refractivity contribution in [3.8, 4) is 6.07 Å². The minimum atomic E-state index is -0.344. The summed E-state index contributed by atoms with van der Waals surface area (Å²) in [5.74, 6) is -0.240. The third kappa shape index (κ3) is 7.40. The number of aliphatic hydroxyl groups is 1. The monoisotopic (exact) mass is 481 g/mol. The molecule has 0 spiro atoms. The number of urea groups is 1. The number of imidazole rings is 1. The molecule has 0 aliphatic carbocycles. The first-order valence-corrected chi connectivity index (χ1v) is 11.8. The number of thiazole rings is 1. The van der Waals surface area contributed by atoms with Gasteiger partial charge in [-0.25, -0.2) is 14.8 Å². The van der Waals surface area contributed by atoms with E-state index in [4.69, 9.17) is 10.4 Å². The Labute approximate surface area is 201 Å². The van der Waals surface area contributed by atoms with Gasteiger partial charge in [0, 0.05) is 38.6 Å². The third-order valence-corrected chi connectivity index (χ3v) is 5.94. The fourth-order valence-corrected chi connectivity index (χ4v) is 3.92. The lowest BCUT2D eigenvalue weighted by Crippen LogP contribution is -2.40. The maximum absolute atomic E-state index is 12.9. The summed E-state index contributed by atoms with van der Waals surface area (Å²) in [6.07, 6.45) is 8.79. The van der Waals surface area contributed by atoms with Crippen LogP contribution in [0.25, 0.3) is 0 Å². The molecule has 3 amide bonds. The molecule has 1 aromatic carbocycles. The molecule has 34 heavy (non-hydrogen) atoms. The summed E-state index contributed by atoms with van der Waals surface area (Å²) in [5.41, 5.74) is 1.36. The molecule has 0 aliphatic rings. The molecule has 0 unspecified atom stereocenters. The van der Waals surface area contributed by atoms with E-state index in [2.05, 4.69) is 26.7 Å². The first-order chi connectivity index (χ1) is 16.6. The second kappa shape index (κ2) is 13.1. The molecule has 3 aromatic rings. The van der Waals surface area contributed by atoms with Crippen molar-refractivity contribution in [3.05, 3.63) is 65.2 Å². The number of aliphatic hydroxyl groups excluding tert-OH is 1. The predicted molar refractivity (Wildman–Crippen MR) is 128 cm³/mol. The molecule has 0 radical (unpaired) electrons. The van der Waals surface area contributed by atoms with Crippen LogP contribution >= 0.6 is 11.3 Å². The van der Waals surface area contributed by atoms with Crippen LogP contribution in [0.2, 0.25) is 0 Å². The number of rotatable bonds is 12. The first-order valence-electron chi connectivity index (χ1n) is 11.0. The lowest BCUT2D eigenvalue weighted by Gasteiger charge is -2.20. The minimum absolute atomic E-state index is 0.0676. The van der Waals surface area contributed by atoms with Crippen LogP contribution in [0, 0.1) is 11.3 Å². The zero-order chi connectivity index (χ0) is 24.2. The predicted octanol–water partition coefficient (Wildman–Crippen LogP) is 2.52. The third-order valence-electron chi connectivity index (χ3n) is 4.92. The summed E-state index contributed by atoms with van der Waals surface area (Å²) in [7, 11) is 0. The zero-order valence-electron chi connectivity index (χ0n) is 18.7. The van der Waals surface area contributed by atoms with E-state index in [1.165, 1.54) is 11.1 Å². The summed E-state index contributed by atoms with van der Waals surface area (Å²) >= 11 is 1.14. The first kappa shape index (κ1) is 24.9. The van der Waals surface area contributed by atoms with Gasteiger partial charge in [-0.1, -0.05) is 23.5 Å². The lowest BCUT2D eigenvalue weighted by molar-refractivity contribution is 0.0956. The quantitative estimate of drug-likeness (QED) is 0.340. The van der Waals surface area contributed by atoms with E-state index in [1.54, 1.807) is 36.8 Å². The van der Waals surface area contributed by atoms with Crippen LogP contribution in [0.3, 0.4) is 0 Å². The molecule has 2 heterocycles. The van der Waals surface area contributed by atoms with Gasteiger partial charge in [0.2, 0.25) is 0 Å². The van der Waals surface area contributed by atoms with Gasteiger partial charge in [-0.3, -0.25) is 9.69 Å². The highest BCUT2D eigenvalue weighted by atomic mass is 32.1. The Morgan fingerprint density at radius 2 is 1.94 bits per heavy atom. The van der Waals surface area contributed by atoms with Crippen molar-refractivity contribution >= 4 is 28.4 Å². The van der Waals surface area contributed by atoms with E-state index in [0.29, 0.717) is 41.5 Å². The molecule has 0 fully saturated rings. The molecule has 10 nitrogen and oxygen atoms in total. The Bertz CT molecular complexity index is 1090. The van der Waals surface area contributed by atoms with Crippen LogP contribution < -0.4 is 15.5 Å². The number of carbonyl (C=O) groups excluding carboxylic acids is 2. The topological polar surface area (TPSA) is 136 Å². The van der Waals surface area contributed by atoms with E-state index in [1.807, 2.05) is 10.8 Å². The van der Waals surface area contributed by atoms with Crippen molar-refractivity contribution in [1.82, 2.24) is 25.2 Å². The fourth-order valence-electron chi connectivity index (χ4n) is 3.09. The van der Waals surface area contributed by atoms with E-state index < -0.39 is 0 Å². The molecule has 0 atom stereocenters. The Hall–Kier alpha value is -3.75. The lowest BCUT2D eigenvalue weighted by atomic mass is 10.1. The van der Waals surface area contributed by atoms with E-state index in [9.17, 15) is 9.59 Å². The normalized spacial score (nSPS) is 10.5. The average molecular weight is 482 g/mol. The van der Waals surface area contributed by atoms with Crippen molar-refractivity contribution in [2.75, 3.05) is 24.6 Å². The number of nitrogens with one attached hydrogen (secondary N) is 2. The van der Waals surface area contributed by atoms with Crippen molar-refractivity contribution < 1.29 is 14.7 Å². The van der Waals surface area contributed by atoms with Gasteiger partial charge in [-0.15, -0.1) is 0 Å². The number of hydrogen-bond acceptors (Lipinski definition) is 7. The number of benzene rings is 1. The van der Waals surface area contributed by atoms with Gasteiger partial charge < -0.3 is 20.3 Å². The highest BCUT2D eigenvalue weighted by Crippen LogP contribution is 2.24. The van der Waals surface area contributed by atoms with Gasteiger partial charge >= 0.3 is 6.03 Å². The van der Waals surface area contributed by atoms with Gasteiger partial charge in [0.15, 0.2) is 5.13 Å². The Balaban J connectivity index is 1.63. The largest absolute Gasteiger partial charge is 0.396 e. The fraction of sp³-hybridized carbons (Fsp3) is 0.348. The number of unbranched alkanes of at least 4 members (excludes halogenated alkanes) is 1. The van der Waals surface area contributed by atoms with Gasteiger partial charge in [0.1, 0.15) is 4.88 Å². The average Bonchev–Trinajstić information content (AvgIpc) is 3.56. The number of nitrogens with zero attached hydrogens (tertiary/aromatic N) is 5. The molecule has 0 bridgehead atoms. The smallest absolute Gasteiger partial charge is 0.324 e. The van der Waals surface area contributed by atoms with Crippen LogP contribution in [-0.4, -0.2) is 51.3 Å². The summed E-state index contributed by atoms with van der Waals surface area (Å²) in [6.45, 7) is 1.97. The van der Waals surface area contributed by atoms with Gasteiger partial charge in [0.25, 0.3) is 5.91 Å². The molecular formula is C23H27N7O3S. The van der Waals surface area contributed by atoms with Crippen LogP contribution in [0.5, 0.6) is 0 Å². The van der Waals surface area contributed by atoms with Crippen molar-refractivity contribution in [2.24, 2.45) is 0 Å². The summed E-state index contributed by atoms with van der Waals surface area (Å²) in [6, 6.07) is 8.68. The van der Waals surface area contributed by atoms with Crippen LogP contribution in [-0.2, 0) is 13.1 Å². The highest BCUT2D eigenvalue weighted by Gasteiger charge is 2.21. The number of carbonyl (C=O) groups is 2. The van der Waals surface area contributed by atoms with Crippen molar-refractivity contribution in [1.29, 1.82) is 5.26 Å². The molecule has 3 rings (SSSR count). The second-order valence-corrected chi connectivity index (χ2v) is 8.48. The zero-order valence-corrected chi connectivity index (χ0v) is 19.5. The van der Waals surface area contributed by atoms with Crippen LogP contribution in [0.1, 0.15) is 40.1 Å². The number of aryl methyl sites for hydroxylation is 1. The molecule has 2 aromatic heterocycles. The van der Waals surface area contributed by atoms with Gasteiger partial charge in [0.05, 0.1) is 30.7 Å². The maximum atomic E-state index is 12.9. The Morgan fingerprint density at radius 1 is 1.15 bits per heavy atom. The molecule has 0 saturated heterocycles. The number of hydrogen-bond donors (Lipinski definition) is 3. The van der Waals surface area contributed by atoms with E-state index >= 15 is 0 Å². The number of nitriles is 1. The minimum Gasteiger partial charge on any atom is -0.396 e. The standard InChI is InChI=1S/C23H27N7O3S/c24-14-18-4-6-19(7-5-18)16-30(22(33)27-8-1-2-13-31)23-28-15-20(34-23)21(32)26-9-3-11-29-12-10-25-17-29/h4-7,10,12,15,17,31H,1-3,8-9,11,13,16H2,(H,26,32)(H,27,33). The van der Waals surface area contributed by atoms with E-state index in [0.717, 1.165) is 29.9 Å². The maximum Gasteiger partial charge on any atom is 0.324 e. The molecule has 11 heteroatoms. The number of aromatic nitrogens is 3. The van der Waals surface area contributed by atoms with Crippen LogP contribution in [0.15, 0.2) is 49.2 Å².